The molecule has 1 aliphatic rings. The molecule has 1 heterocycles. The van der Waals surface area contributed by atoms with Gasteiger partial charge in [-0.05, 0) is 37.5 Å². The molecule has 0 atom stereocenters. The fourth-order valence-electron chi connectivity index (χ4n) is 3.06. The first-order valence-electron chi connectivity index (χ1n) is 8.95. The molecule has 0 aromatic heterocycles. The molecule has 1 fully saturated rings. The van der Waals surface area contributed by atoms with E-state index in [1.807, 2.05) is 25.1 Å². The van der Waals surface area contributed by atoms with Crippen LogP contribution in [-0.4, -0.2) is 44.6 Å². The summed E-state index contributed by atoms with van der Waals surface area (Å²) in [7, 11) is -1.58. The van der Waals surface area contributed by atoms with Gasteiger partial charge in [-0.1, -0.05) is 29.3 Å². The lowest BCUT2D eigenvalue weighted by atomic mass is 9.97. The third-order valence-electron chi connectivity index (χ3n) is 4.67. The van der Waals surface area contributed by atoms with Crippen LogP contribution in [0.3, 0.4) is 0 Å². The van der Waals surface area contributed by atoms with Gasteiger partial charge in [0.15, 0.2) is 0 Å². The van der Waals surface area contributed by atoms with Crippen LogP contribution in [0.2, 0.25) is 0 Å². The molecule has 0 radical (unpaired) electrons. The largest absolute Gasteiger partial charge is 0.496 e. The van der Waals surface area contributed by atoms with Crippen LogP contribution in [0.25, 0.3) is 0 Å². The van der Waals surface area contributed by atoms with Crippen LogP contribution in [0.4, 0.5) is 0 Å². The molecule has 2 rings (SSSR count). The SMILES string of the molecule is CCCCS(=O)(=O)N1CCC(C(=O)NCc2cc(Br)ccc2OC)CC1. The number of hydrogen-bond acceptors (Lipinski definition) is 4. The molecule has 0 spiro atoms. The summed E-state index contributed by atoms with van der Waals surface area (Å²) in [5, 5.41) is 2.95. The number of benzene rings is 1. The third-order valence-corrected chi connectivity index (χ3v) is 7.12. The third kappa shape index (κ3) is 5.69. The number of hydrogen-bond donors (Lipinski definition) is 1. The molecule has 1 aliphatic heterocycles. The van der Waals surface area contributed by atoms with Gasteiger partial charge >= 0.3 is 0 Å². The highest BCUT2D eigenvalue weighted by Crippen LogP contribution is 2.24. The number of carbonyl (C=O) groups is 1. The van der Waals surface area contributed by atoms with E-state index in [4.69, 9.17) is 4.74 Å². The number of piperidine rings is 1. The monoisotopic (exact) mass is 446 g/mol. The van der Waals surface area contributed by atoms with E-state index in [1.54, 1.807) is 7.11 Å². The number of methoxy groups -OCH3 is 1. The van der Waals surface area contributed by atoms with Crippen molar-refractivity contribution in [2.24, 2.45) is 5.92 Å². The van der Waals surface area contributed by atoms with Crippen molar-refractivity contribution in [2.45, 2.75) is 39.2 Å². The van der Waals surface area contributed by atoms with Crippen LogP contribution in [0, 0.1) is 5.92 Å². The van der Waals surface area contributed by atoms with Crippen molar-refractivity contribution >= 4 is 31.9 Å². The maximum absolute atomic E-state index is 12.5. The zero-order chi connectivity index (χ0) is 19.2. The Hall–Kier alpha value is -1.12. The molecule has 0 aliphatic carbocycles. The highest BCUT2D eigenvalue weighted by Gasteiger charge is 2.30. The second-order valence-corrected chi connectivity index (χ2v) is 9.52. The predicted octanol–water partition coefficient (Wildman–Crippen LogP) is 2.92. The van der Waals surface area contributed by atoms with E-state index in [0.717, 1.165) is 22.2 Å². The Morgan fingerprint density at radius 1 is 1.35 bits per heavy atom. The van der Waals surface area contributed by atoms with Gasteiger partial charge in [0.2, 0.25) is 15.9 Å². The maximum atomic E-state index is 12.5. The van der Waals surface area contributed by atoms with Crippen molar-refractivity contribution in [1.29, 1.82) is 0 Å². The minimum atomic E-state index is -3.18. The molecule has 1 N–H and O–H groups in total. The Balaban J connectivity index is 1.86. The van der Waals surface area contributed by atoms with E-state index in [1.165, 1.54) is 4.31 Å². The van der Waals surface area contributed by atoms with Gasteiger partial charge < -0.3 is 10.1 Å². The highest BCUT2D eigenvalue weighted by atomic mass is 79.9. The molecular weight excluding hydrogens is 420 g/mol. The highest BCUT2D eigenvalue weighted by molar-refractivity contribution is 9.10. The van der Waals surface area contributed by atoms with Gasteiger partial charge in [0.25, 0.3) is 0 Å². The van der Waals surface area contributed by atoms with Gasteiger partial charge in [-0.25, -0.2) is 12.7 Å². The summed E-state index contributed by atoms with van der Waals surface area (Å²) in [6.45, 7) is 3.21. The zero-order valence-electron chi connectivity index (χ0n) is 15.3. The van der Waals surface area contributed by atoms with E-state index in [-0.39, 0.29) is 17.6 Å². The van der Waals surface area contributed by atoms with E-state index >= 15 is 0 Å². The van der Waals surface area contributed by atoms with Crippen LogP contribution in [0.1, 0.15) is 38.2 Å². The Labute approximate surface area is 164 Å². The maximum Gasteiger partial charge on any atom is 0.223 e. The molecule has 0 bridgehead atoms. The van der Waals surface area contributed by atoms with Crippen molar-refractivity contribution < 1.29 is 17.9 Å². The van der Waals surface area contributed by atoms with Crippen molar-refractivity contribution in [2.75, 3.05) is 26.0 Å². The normalized spacial score (nSPS) is 16.4. The number of ether oxygens (including phenoxy) is 1. The Morgan fingerprint density at radius 3 is 2.65 bits per heavy atom. The number of nitrogens with zero attached hydrogens (tertiary/aromatic N) is 1. The second-order valence-electron chi connectivity index (χ2n) is 6.52. The van der Waals surface area contributed by atoms with Crippen LogP contribution in [0.5, 0.6) is 5.75 Å². The Morgan fingerprint density at radius 2 is 2.04 bits per heavy atom. The summed E-state index contributed by atoms with van der Waals surface area (Å²) in [5.74, 6) is 0.747. The van der Waals surface area contributed by atoms with Crippen molar-refractivity contribution in [1.82, 2.24) is 9.62 Å². The first-order valence-corrected chi connectivity index (χ1v) is 11.4. The molecule has 1 aromatic carbocycles. The van der Waals surface area contributed by atoms with Gasteiger partial charge in [0.05, 0.1) is 12.9 Å². The molecule has 26 heavy (non-hydrogen) atoms. The fraction of sp³-hybridized carbons (Fsp3) is 0.611. The van der Waals surface area contributed by atoms with Crippen LogP contribution >= 0.6 is 15.9 Å². The van der Waals surface area contributed by atoms with Crippen LogP contribution in [-0.2, 0) is 21.4 Å². The van der Waals surface area contributed by atoms with Crippen molar-refractivity contribution in [3.8, 4) is 5.75 Å². The molecule has 0 saturated carbocycles. The summed E-state index contributed by atoms with van der Waals surface area (Å²) in [4.78, 5) is 12.5. The average molecular weight is 447 g/mol. The lowest BCUT2D eigenvalue weighted by molar-refractivity contribution is -0.126. The summed E-state index contributed by atoms with van der Waals surface area (Å²) >= 11 is 3.42. The van der Waals surface area contributed by atoms with Gasteiger partial charge in [-0.15, -0.1) is 0 Å². The fourth-order valence-corrected chi connectivity index (χ4v) is 5.15. The number of sulfonamides is 1. The van der Waals surface area contributed by atoms with Gasteiger partial charge in [0, 0.05) is 35.6 Å². The molecule has 1 amide bonds. The van der Waals surface area contributed by atoms with E-state index in [9.17, 15) is 13.2 Å². The summed E-state index contributed by atoms with van der Waals surface area (Å²) in [5.41, 5.74) is 0.898. The van der Waals surface area contributed by atoms with Crippen molar-refractivity contribution in [3.05, 3.63) is 28.2 Å². The molecule has 0 unspecified atom stereocenters. The van der Waals surface area contributed by atoms with E-state index in [2.05, 4.69) is 21.2 Å². The number of halogens is 1. The van der Waals surface area contributed by atoms with E-state index < -0.39 is 10.0 Å². The van der Waals surface area contributed by atoms with Crippen LogP contribution in [0.15, 0.2) is 22.7 Å². The van der Waals surface area contributed by atoms with Gasteiger partial charge in [-0.2, -0.15) is 0 Å². The first-order chi connectivity index (χ1) is 12.4. The standard InChI is InChI=1S/C18H27BrN2O4S/c1-3-4-11-26(23,24)21-9-7-14(8-10-21)18(22)20-13-15-12-16(19)5-6-17(15)25-2/h5-6,12,14H,3-4,7-11,13H2,1-2H3,(H,20,22). The Kier molecular flexibility index (Phi) is 7.91. The number of carbonyl (C=O) groups excluding carboxylic acids is 1. The number of unbranched alkanes of at least 4 members (excludes halogenated alkanes) is 1. The summed E-state index contributed by atoms with van der Waals surface area (Å²) in [6, 6.07) is 5.66. The van der Waals surface area contributed by atoms with Crippen LogP contribution < -0.4 is 10.1 Å². The number of nitrogens with one attached hydrogen (secondary N) is 1. The van der Waals surface area contributed by atoms with Gasteiger partial charge in [0.1, 0.15) is 5.75 Å². The second kappa shape index (κ2) is 9.71. The smallest absolute Gasteiger partial charge is 0.223 e. The molecule has 8 heteroatoms. The quantitative estimate of drug-likeness (QED) is 0.665. The minimum Gasteiger partial charge on any atom is -0.496 e. The average Bonchev–Trinajstić information content (AvgIpc) is 2.64. The molecular formula is C18H27BrN2O4S. The summed E-state index contributed by atoms with van der Waals surface area (Å²) < 4.78 is 32.3. The molecule has 146 valence electrons. The Bertz CT molecular complexity index is 716. The first kappa shape index (κ1) is 21.2. The molecule has 1 saturated heterocycles. The lowest BCUT2D eigenvalue weighted by Crippen LogP contribution is -2.43. The van der Waals surface area contributed by atoms with E-state index in [0.29, 0.717) is 38.9 Å². The lowest BCUT2D eigenvalue weighted by Gasteiger charge is -2.30. The molecule has 6 nitrogen and oxygen atoms in total. The topological polar surface area (TPSA) is 75.7 Å². The number of rotatable bonds is 8. The zero-order valence-corrected chi connectivity index (χ0v) is 17.7. The minimum absolute atomic E-state index is 0.0300. The number of amides is 1. The molecule has 1 aromatic rings. The summed E-state index contributed by atoms with van der Waals surface area (Å²) in [6.07, 6.45) is 2.66. The predicted molar refractivity (Wildman–Crippen MR) is 106 cm³/mol. The van der Waals surface area contributed by atoms with Crippen molar-refractivity contribution in [3.63, 3.8) is 0 Å². The van der Waals surface area contributed by atoms with Gasteiger partial charge in [-0.3, -0.25) is 4.79 Å².